The molecule has 8 heteroatoms. The molecule has 6 rings (SSSR count). The fraction of sp³-hybridized carbons (Fsp3) is 0.300. The van der Waals surface area contributed by atoms with E-state index in [1.165, 1.54) is 16.8 Å². The minimum atomic E-state index is -0.898. The molecule has 3 aromatic rings. The lowest BCUT2D eigenvalue weighted by Crippen LogP contribution is -2.47. The molecule has 1 atom stereocenters. The summed E-state index contributed by atoms with van der Waals surface area (Å²) < 4.78 is 6.01. The Labute approximate surface area is 220 Å². The highest BCUT2D eigenvalue weighted by Crippen LogP contribution is 2.34. The second-order valence-corrected chi connectivity index (χ2v) is 10.1. The number of nitrogens with zero attached hydrogens (tertiary/aromatic N) is 3. The van der Waals surface area contributed by atoms with Crippen LogP contribution in [0.5, 0.6) is 5.75 Å². The van der Waals surface area contributed by atoms with Gasteiger partial charge in [-0.25, -0.2) is 0 Å². The number of ether oxygens (including phenoxy) is 1. The Morgan fingerprint density at radius 2 is 1.71 bits per heavy atom. The topological polar surface area (TPSA) is 96.9 Å². The van der Waals surface area contributed by atoms with Gasteiger partial charge in [0.1, 0.15) is 18.1 Å². The van der Waals surface area contributed by atoms with E-state index in [2.05, 4.69) is 28.1 Å². The predicted molar refractivity (Wildman–Crippen MR) is 137 cm³/mol. The van der Waals surface area contributed by atoms with Crippen molar-refractivity contribution in [2.75, 3.05) is 6.54 Å². The zero-order valence-corrected chi connectivity index (χ0v) is 20.9. The second kappa shape index (κ2) is 9.95. The van der Waals surface area contributed by atoms with Crippen LogP contribution in [0, 0.1) is 0 Å². The van der Waals surface area contributed by atoms with Gasteiger partial charge in [-0.05, 0) is 41.3 Å². The highest BCUT2D eigenvalue weighted by molar-refractivity contribution is 6.24. The third-order valence-corrected chi connectivity index (χ3v) is 7.53. The monoisotopic (exact) mass is 509 g/mol. The number of fused-ring (bicyclic) bond motifs is 2. The largest absolute Gasteiger partial charge is 0.488 e. The van der Waals surface area contributed by atoms with Crippen LogP contribution >= 0.6 is 0 Å². The molecule has 192 valence electrons. The van der Waals surface area contributed by atoms with E-state index >= 15 is 0 Å². The second-order valence-electron chi connectivity index (χ2n) is 10.1. The van der Waals surface area contributed by atoms with Gasteiger partial charge in [-0.2, -0.15) is 0 Å². The van der Waals surface area contributed by atoms with Crippen LogP contribution < -0.4 is 4.74 Å². The Balaban J connectivity index is 1.11. The molecule has 1 aromatic heterocycles. The maximum atomic E-state index is 13.3. The first-order chi connectivity index (χ1) is 18.5. The van der Waals surface area contributed by atoms with Gasteiger partial charge < -0.3 is 4.74 Å². The normalized spacial score (nSPS) is 19.5. The average molecular weight is 510 g/mol. The highest BCUT2D eigenvalue weighted by atomic mass is 16.5. The third-order valence-electron chi connectivity index (χ3n) is 7.53. The first kappa shape index (κ1) is 24.2. The Kier molecular flexibility index (Phi) is 6.33. The maximum absolute atomic E-state index is 13.3. The van der Waals surface area contributed by atoms with Gasteiger partial charge in [-0.1, -0.05) is 36.4 Å². The average Bonchev–Trinajstić information content (AvgIpc) is 3.18. The summed E-state index contributed by atoms with van der Waals surface area (Å²) in [6.45, 7) is 2.94. The van der Waals surface area contributed by atoms with Gasteiger partial charge in [0.05, 0.1) is 23.6 Å². The summed E-state index contributed by atoms with van der Waals surface area (Å²) in [7, 11) is 0. The number of carbonyl (C=O) groups excluding carboxylic acids is 4. The number of pyridine rings is 1. The molecule has 3 heterocycles. The van der Waals surface area contributed by atoms with Gasteiger partial charge in [0.25, 0.3) is 11.8 Å². The zero-order chi connectivity index (χ0) is 26.2. The fourth-order valence-electron chi connectivity index (χ4n) is 5.53. The lowest BCUT2D eigenvalue weighted by atomic mass is 9.92. The number of hydrogen-bond donors (Lipinski definition) is 0. The van der Waals surface area contributed by atoms with Crippen molar-refractivity contribution >= 4 is 23.4 Å². The Morgan fingerprint density at radius 1 is 0.895 bits per heavy atom. The standard InChI is InChI=1S/C30H27N3O5/c34-22-10-11-25(26(35)15-22)33-29(36)23-4-1-5-27(28(23)30(33)37)38-18-20-8-6-19(7-9-20)16-32-14-12-24-21(17-32)3-2-13-31-24/h1-9,13,25H,10-12,14-18H2. The molecule has 3 aliphatic rings. The van der Waals surface area contributed by atoms with E-state index in [-0.39, 0.29) is 48.6 Å². The third kappa shape index (κ3) is 4.52. The van der Waals surface area contributed by atoms with Crippen LogP contribution in [-0.4, -0.2) is 50.8 Å². The Hall–Kier alpha value is -4.17. The summed E-state index contributed by atoms with van der Waals surface area (Å²) in [4.78, 5) is 58.2. The molecule has 0 saturated heterocycles. The van der Waals surface area contributed by atoms with Crippen molar-refractivity contribution in [3.05, 3.63) is 94.3 Å². The van der Waals surface area contributed by atoms with E-state index < -0.39 is 17.9 Å². The van der Waals surface area contributed by atoms with Gasteiger partial charge in [0.15, 0.2) is 5.78 Å². The molecule has 1 saturated carbocycles. The van der Waals surface area contributed by atoms with Gasteiger partial charge in [0.2, 0.25) is 0 Å². The lowest BCUT2D eigenvalue weighted by Gasteiger charge is -2.28. The van der Waals surface area contributed by atoms with Crippen LogP contribution in [0.2, 0.25) is 0 Å². The van der Waals surface area contributed by atoms with Crippen molar-refractivity contribution in [2.24, 2.45) is 0 Å². The van der Waals surface area contributed by atoms with E-state index in [1.807, 2.05) is 24.4 Å². The minimum Gasteiger partial charge on any atom is -0.488 e. The Morgan fingerprint density at radius 3 is 2.53 bits per heavy atom. The van der Waals surface area contributed by atoms with Crippen molar-refractivity contribution in [3.63, 3.8) is 0 Å². The number of Topliss-reactive ketones (excluding diaryl/α,β-unsaturated/α-hetero) is 2. The molecule has 0 radical (unpaired) electrons. The van der Waals surface area contributed by atoms with Gasteiger partial charge in [-0.15, -0.1) is 0 Å². The van der Waals surface area contributed by atoms with Crippen LogP contribution in [0.3, 0.4) is 0 Å². The number of amides is 2. The van der Waals surface area contributed by atoms with E-state index in [0.29, 0.717) is 5.75 Å². The molecule has 38 heavy (non-hydrogen) atoms. The first-order valence-corrected chi connectivity index (χ1v) is 12.9. The maximum Gasteiger partial charge on any atom is 0.266 e. The van der Waals surface area contributed by atoms with Crippen molar-refractivity contribution in [1.82, 2.24) is 14.8 Å². The van der Waals surface area contributed by atoms with E-state index in [9.17, 15) is 19.2 Å². The molecule has 1 unspecified atom stereocenters. The van der Waals surface area contributed by atoms with E-state index in [1.54, 1.807) is 18.2 Å². The van der Waals surface area contributed by atoms with Crippen LogP contribution in [-0.2, 0) is 35.7 Å². The molecular weight excluding hydrogens is 482 g/mol. The SMILES string of the molecule is O=C1CCC(N2C(=O)c3cccc(OCc4ccc(CN5CCc6ncccc6C5)cc4)c3C2=O)C(=O)C1. The van der Waals surface area contributed by atoms with Crippen LogP contribution in [0.25, 0.3) is 0 Å². The van der Waals surface area contributed by atoms with Crippen molar-refractivity contribution in [2.45, 2.75) is 51.4 Å². The van der Waals surface area contributed by atoms with Crippen molar-refractivity contribution < 1.29 is 23.9 Å². The Bertz CT molecular complexity index is 1450. The fourth-order valence-corrected chi connectivity index (χ4v) is 5.53. The molecule has 2 amide bonds. The molecule has 1 aliphatic carbocycles. The number of benzene rings is 2. The minimum absolute atomic E-state index is 0.156. The molecule has 2 aliphatic heterocycles. The van der Waals surface area contributed by atoms with Crippen LogP contribution in [0.4, 0.5) is 0 Å². The molecule has 2 aromatic carbocycles. The van der Waals surface area contributed by atoms with E-state index in [4.69, 9.17) is 4.74 Å². The number of aromatic nitrogens is 1. The molecule has 0 N–H and O–H groups in total. The van der Waals surface area contributed by atoms with Crippen LogP contribution in [0.1, 0.15) is 62.4 Å². The summed E-state index contributed by atoms with van der Waals surface area (Å²) in [5, 5.41) is 0. The highest BCUT2D eigenvalue weighted by Gasteiger charge is 2.45. The molecule has 0 bridgehead atoms. The summed E-state index contributed by atoms with van der Waals surface area (Å²) in [5.74, 6) is -1.28. The first-order valence-electron chi connectivity index (χ1n) is 12.9. The van der Waals surface area contributed by atoms with E-state index in [0.717, 1.165) is 36.5 Å². The molecule has 1 fully saturated rings. The quantitative estimate of drug-likeness (QED) is 0.371. The number of ketones is 2. The van der Waals surface area contributed by atoms with Gasteiger partial charge >= 0.3 is 0 Å². The number of imide groups is 1. The number of hydrogen-bond acceptors (Lipinski definition) is 7. The van der Waals surface area contributed by atoms with Crippen LogP contribution in [0.15, 0.2) is 60.8 Å². The summed E-state index contributed by atoms with van der Waals surface area (Å²) in [6, 6.07) is 16.3. The summed E-state index contributed by atoms with van der Waals surface area (Å²) in [6.07, 6.45) is 2.93. The number of carbonyl (C=O) groups is 4. The summed E-state index contributed by atoms with van der Waals surface area (Å²) in [5.41, 5.74) is 5.02. The molecule has 8 nitrogen and oxygen atoms in total. The predicted octanol–water partition coefficient (Wildman–Crippen LogP) is 3.51. The van der Waals surface area contributed by atoms with Crippen molar-refractivity contribution in [3.8, 4) is 5.75 Å². The van der Waals surface area contributed by atoms with Crippen molar-refractivity contribution in [1.29, 1.82) is 0 Å². The summed E-state index contributed by atoms with van der Waals surface area (Å²) >= 11 is 0. The smallest absolute Gasteiger partial charge is 0.266 e. The lowest BCUT2D eigenvalue weighted by molar-refractivity contribution is -0.132. The zero-order valence-electron chi connectivity index (χ0n) is 20.9. The molecular formula is C30H27N3O5. The molecule has 0 spiro atoms. The van der Waals surface area contributed by atoms with Gasteiger partial charge in [0, 0.05) is 44.4 Å². The van der Waals surface area contributed by atoms with Gasteiger partial charge in [-0.3, -0.25) is 34.0 Å². The number of rotatable bonds is 6.